The van der Waals surface area contributed by atoms with Gasteiger partial charge in [-0.05, 0) is 0 Å². The Bertz CT molecular complexity index is 568. The number of benzene rings is 1. The summed E-state index contributed by atoms with van der Waals surface area (Å²) in [5, 5.41) is 4.13. The minimum absolute atomic E-state index is 0.442. The maximum atomic E-state index is 5.72. The first-order valence-corrected chi connectivity index (χ1v) is 5.70. The number of rotatable bonds is 4. The highest BCUT2D eigenvalue weighted by Crippen LogP contribution is 2.41. The molecule has 6 heteroatoms. The second-order valence-corrected chi connectivity index (χ2v) is 3.98. The Labute approximate surface area is 111 Å². The van der Waals surface area contributed by atoms with Gasteiger partial charge in [-0.25, -0.2) is 0 Å². The van der Waals surface area contributed by atoms with Gasteiger partial charge in [-0.3, -0.25) is 4.68 Å². The average Bonchev–Trinajstić information content (AvgIpc) is 2.75. The van der Waals surface area contributed by atoms with Gasteiger partial charge in [-0.15, -0.1) is 0 Å². The molecule has 0 unspecified atom stereocenters. The molecule has 0 atom stereocenters. The number of aryl methyl sites for hydroxylation is 1. The maximum Gasteiger partial charge on any atom is 0.146 e. The van der Waals surface area contributed by atoms with Crippen molar-refractivity contribution in [3.05, 3.63) is 18.2 Å². The van der Waals surface area contributed by atoms with Crippen molar-refractivity contribution in [3.8, 4) is 28.5 Å². The van der Waals surface area contributed by atoms with Crippen LogP contribution >= 0.6 is 0 Å². The Morgan fingerprint density at radius 1 is 1.00 bits per heavy atom. The van der Waals surface area contributed by atoms with Gasteiger partial charge in [0.2, 0.25) is 0 Å². The standard InChI is InChI=1S/C13H17N3O3/c1-16-9(7-12(14)15-16)13-10(18-3)5-8(17-2)6-11(13)19-4/h5-7H,1-4H3,(H2,14,15). The van der Waals surface area contributed by atoms with E-state index in [1.165, 1.54) is 0 Å². The topological polar surface area (TPSA) is 71.5 Å². The summed E-state index contributed by atoms with van der Waals surface area (Å²) in [6.45, 7) is 0. The number of hydrogen-bond acceptors (Lipinski definition) is 5. The number of aromatic nitrogens is 2. The van der Waals surface area contributed by atoms with Crippen molar-refractivity contribution < 1.29 is 14.2 Å². The molecule has 0 saturated heterocycles. The SMILES string of the molecule is COc1cc(OC)c(-c2cc(N)nn2C)c(OC)c1. The molecule has 1 heterocycles. The van der Waals surface area contributed by atoms with Crippen molar-refractivity contribution in [2.75, 3.05) is 27.1 Å². The van der Waals surface area contributed by atoms with Crippen molar-refractivity contribution >= 4 is 5.82 Å². The van der Waals surface area contributed by atoms with E-state index in [1.807, 2.05) is 7.05 Å². The average molecular weight is 263 g/mol. The van der Waals surface area contributed by atoms with Crippen LogP contribution < -0.4 is 19.9 Å². The van der Waals surface area contributed by atoms with Crippen LogP contribution in [0.3, 0.4) is 0 Å². The monoisotopic (exact) mass is 263 g/mol. The molecule has 2 rings (SSSR count). The summed E-state index contributed by atoms with van der Waals surface area (Å²) in [5.74, 6) is 2.38. The second-order valence-electron chi connectivity index (χ2n) is 3.98. The third-order valence-corrected chi connectivity index (χ3v) is 2.87. The highest BCUT2D eigenvalue weighted by molar-refractivity contribution is 5.77. The molecule has 0 bridgehead atoms. The van der Waals surface area contributed by atoms with E-state index in [0.717, 1.165) is 11.3 Å². The first-order valence-electron chi connectivity index (χ1n) is 5.70. The van der Waals surface area contributed by atoms with Crippen LogP contribution in [-0.2, 0) is 7.05 Å². The van der Waals surface area contributed by atoms with Crippen molar-refractivity contribution in [3.63, 3.8) is 0 Å². The lowest BCUT2D eigenvalue weighted by molar-refractivity contribution is 0.377. The van der Waals surface area contributed by atoms with Gasteiger partial charge in [-0.2, -0.15) is 5.10 Å². The lowest BCUT2D eigenvalue weighted by atomic mass is 10.1. The Morgan fingerprint density at radius 2 is 1.58 bits per heavy atom. The number of hydrogen-bond donors (Lipinski definition) is 1. The van der Waals surface area contributed by atoms with Gasteiger partial charge in [0.15, 0.2) is 0 Å². The number of nitrogen functional groups attached to an aromatic ring is 1. The highest BCUT2D eigenvalue weighted by atomic mass is 16.5. The van der Waals surface area contributed by atoms with Crippen molar-refractivity contribution in [1.29, 1.82) is 0 Å². The predicted molar refractivity (Wildman–Crippen MR) is 72.7 cm³/mol. The minimum Gasteiger partial charge on any atom is -0.496 e. The number of ether oxygens (including phenoxy) is 3. The van der Waals surface area contributed by atoms with E-state index in [1.54, 1.807) is 44.2 Å². The van der Waals surface area contributed by atoms with Crippen LogP contribution in [0, 0.1) is 0 Å². The van der Waals surface area contributed by atoms with Crippen LogP contribution in [-0.4, -0.2) is 31.1 Å². The molecule has 0 radical (unpaired) electrons. The molecule has 2 aromatic rings. The lowest BCUT2D eigenvalue weighted by Crippen LogP contribution is -1.99. The molecule has 0 aliphatic heterocycles. The number of anilines is 1. The lowest BCUT2D eigenvalue weighted by Gasteiger charge is -2.15. The summed E-state index contributed by atoms with van der Waals surface area (Å²) in [6, 6.07) is 5.36. The molecule has 0 saturated carbocycles. The Balaban J connectivity index is 2.70. The first kappa shape index (κ1) is 13.1. The Hall–Kier alpha value is -2.37. The van der Waals surface area contributed by atoms with Gasteiger partial charge in [-0.1, -0.05) is 0 Å². The van der Waals surface area contributed by atoms with E-state index >= 15 is 0 Å². The number of methoxy groups -OCH3 is 3. The molecule has 19 heavy (non-hydrogen) atoms. The number of nitrogens with zero attached hydrogens (tertiary/aromatic N) is 2. The van der Waals surface area contributed by atoms with Crippen LogP contribution in [0.4, 0.5) is 5.82 Å². The Morgan fingerprint density at radius 3 is 1.95 bits per heavy atom. The minimum atomic E-state index is 0.442. The van der Waals surface area contributed by atoms with Gasteiger partial charge in [0.05, 0.1) is 32.6 Å². The first-order chi connectivity index (χ1) is 9.10. The van der Waals surface area contributed by atoms with Crippen LogP contribution in [0.2, 0.25) is 0 Å². The van der Waals surface area contributed by atoms with Crippen LogP contribution in [0.1, 0.15) is 0 Å². The van der Waals surface area contributed by atoms with Crippen molar-refractivity contribution in [1.82, 2.24) is 9.78 Å². The van der Waals surface area contributed by atoms with E-state index in [0.29, 0.717) is 23.1 Å². The fraction of sp³-hybridized carbons (Fsp3) is 0.308. The quantitative estimate of drug-likeness (QED) is 0.909. The summed E-state index contributed by atoms with van der Waals surface area (Å²) in [6.07, 6.45) is 0. The third-order valence-electron chi connectivity index (χ3n) is 2.87. The molecule has 0 aliphatic carbocycles. The molecule has 0 amide bonds. The van der Waals surface area contributed by atoms with Crippen LogP contribution in [0.25, 0.3) is 11.3 Å². The summed E-state index contributed by atoms with van der Waals surface area (Å²) in [4.78, 5) is 0. The maximum absolute atomic E-state index is 5.72. The van der Waals surface area contributed by atoms with Crippen LogP contribution in [0.5, 0.6) is 17.2 Å². The zero-order valence-electron chi connectivity index (χ0n) is 11.4. The van der Waals surface area contributed by atoms with Gasteiger partial charge >= 0.3 is 0 Å². The molecule has 0 aliphatic rings. The Kier molecular flexibility index (Phi) is 3.50. The van der Waals surface area contributed by atoms with E-state index in [4.69, 9.17) is 19.9 Å². The van der Waals surface area contributed by atoms with Gasteiger partial charge in [0.1, 0.15) is 23.1 Å². The summed E-state index contributed by atoms with van der Waals surface area (Å²) >= 11 is 0. The normalized spacial score (nSPS) is 10.3. The van der Waals surface area contributed by atoms with Gasteiger partial charge in [0, 0.05) is 25.2 Å². The van der Waals surface area contributed by atoms with E-state index in [2.05, 4.69) is 5.10 Å². The molecule has 0 spiro atoms. The zero-order chi connectivity index (χ0) is 14.0. The number of nitrogens with two attached hydrogens (primary N) is 1. The molecular formula is C13H17N3O3. The molecule has 2 N–H and O–H groups in total. The third kappa shape index (κ3) is 2.29. The molecular weight excluding hydrogens is 246 g/mol. The van der Waals surface area contributed by atoms with E-state index in [9.17, 15) is 0 Å². The van der Waals surface area contributed by atoms with Crippen LogP contribution in [0.15, 0.2) is 18.2 Å². The molecule has 6 nitrogen and oxygen atoms in total. The molecule has 102 valence electrons. The predicted octanol–water partition coefficient (Wildman–Crippen LogP) is 1.70. The summed E-state index contributed by atoms with van der Waals surface area (Å²) < 4.78 is 17.7. The zero-order valence-corrected chi connectivity index (χ0v) is 11.4. The highest BCUT2D eigenvalue weighted by Gasteiger charge is 2.18. The second kappa shape index (κ2) is 5.09. The fourth-order valence-corrected chi connectivity index (χ4v) is 1.98. The molecule has 1 aromatic carbocycles. The smallest absolute Gasteiger partial charge is 0.146 e. The summed E-state index contributed by atoms with van der Waals surface area (Å²) in [7, 11) is 6.60. The molecule has 0 fully saturated rings. The van der Waals surface area contributed by atoms with Gasteiger partial charge in [0.25, 0.3) is 0 Å². The largest absolute Gasteiger partial charge is 0.496 e. The fourth-order valence-electron chi connectivity index (χ4n) is 1.98. The molecule has 1 aromatic heterocycles. The van der Waals surface area contributed by atoms with E-state index < -0.39 is 0 Å². The van der Waals surface area contributed by atoms with Gasteiger partial charge < -0.3 is 19.9 Å². The van der Waals surface area contributed by atoms with Crippen molar-refractivity contribution in [2.45, 2.75) is 0 Å². The van der Waals surface area contributed by atoms with Crippen molar-refractivity contribution in [2.24, 2.45) is 7.05 Å². The van der Waals surface area contributed by atoms with E-state index in [-0.39, 0.29) is 0 Å². The summed E-state index contributed by atoms with van der Waals surface area (Å²) in [5.41, 5.74) is 7.32.